The van der Waals surface area contributed by atoms with E-state index >= 15 is 0 Å². The molecule has 6 heteroatoms. The molecule has 1 aliphatic rings. The summed E-state index contributed by atoms with van der Waals surface area (Å²) in [6.45, 7) is 6.48. The Balaban J connectivity index is 2.20. The van der Waals surface area contributed by atoms with Crippen molar-refractivity contribution in [1.82, 2.24) is 19.4 Å². The molecule has 0 amide bonds. The average molecular weight is 262 g/mol. The number of piperidine rings is 1. The van der Waals surface area contributed by atoms with Gasteiger partial charge in [-0.1, -0.05) is 0 Å². The zero-order chi connectivity index (χ0) is 13.7. The van der Waals surface area contributed by atoms with Crippen molar-refractivity contribution in [3.63, 3.8) is 0 Å². The molecule has 19 heavy (non-hydrogen) atoms. The first-order valence-corrected chi connectivity index (χ1v) is 6.97. The maximum atomic E-state index is 6.16. The third-order valence-electron chi connectivity index (χ3n) is 4.18. The summed E-state index contributed by atoms with van der Waals surface area (Å²) in [7, 11) is 1.95. The van der Waals surface area contributed by atoms with Crippen LogP contribution in [0, 0.1) is 6.92 Å². The van der Waals surface area contributed by atoms with Gasteiger partial charge in [-0.3, -0.25) is 0 Å². The number of anilines is 1. The van der Waals surface area contributed by atoms with Gasteiger partial charge in [0.1, 0.15) is 5.52 Å². The summed E-state index contributed by atoms with van der Waals surface area (Å²) in [5.74, 6) is 0.562. The van der Waals surface area contributed by atoms with Crippen molar-refractivity contribution < 1.29 is 0 Å². The Labute approximate surface area is 113 Å². The number of nitrogen functional groups attached to an aromatic ring is 1. The largest absolute Gasteiger partial charge is 0.368 e. The molecule has 2 aromatic rings. The summed E-state index contributed by atoms with van der Waals surface area (Å²) in [5.41, 5.74) is 8.99. The number of hydrogen-bond acceptors (Lipinski definition) is 4. The maximum Gasteiger partial charge on any atom is 0.222 e. The summed E-state index contributed by atoms with van der Waals surface area (Å²) >= 11 is 0. The highest BCUT2D eigenvalue weighted by atomic mass is 15.6. The van der Waals surface area contributed by atoms with Gasteiger partial charge in [0, 0.05) is 19.1 Å². The second-order valence-electron chi connectivity index (χ2n) is 5.67. The molecule has 0 radical (unpaired) electrons. The summed E-state index contributed by atoms with van der Waals surface area (Å²) in [6.07, 6.45) is 3.67. The van der Waals surface area contributed by atoms with Gasteiger partial charge in [0.15, 0.2) is 5.65 Å². The van der Waals surface area contributed by atoms with E-state index in [-0.39, 0.29) is 0 Å². The van der Waals surface area contributed by atoms with Gasteiger partial charge in [0.25, 0.3) is 0 Å². The van der Waals surface area contributed by atoms with Crippen molar-refractivity contribution in [2.24, 2.45) is 7.05 Å². The molecule has 0 bridgehead atoms. The molecule has 2 unspecified atom stereocenters. The van der Waals surface area contributed by atoms with E-state index in [9.17, 15) is 0 Å². The lowest BCUT2D eigenvalue weighted by Crippen LogP contribution is -2.51. The van der Waals surface area contributed by atoms with E-state index in [1.165, 1.54) is 19.3 Å². The van der Waals surface area contributed by atoms with E-state index in [1.807, 2.05) is 18.7 Å². The minimum atomic E-state index is 0.471. The van der Waals surface area contributed by atoms with Gasteiger partial charge in [-0.05, 0) is 40.0 Å². The van der Waals surface area contributed by atoms with Gasteiger partial charge in [0.2, 0.25) is 5.95 Å². The van der Waals surface area contributed by atoms with Crippen LogP contribution >= 0.6 is 0 Å². The molecule has 6 nitrogen and oxygen atoms in total. The molecule has 0 aromatic carbocycles. The van der Waals surface area contributed by atoms with Gasteiger partial charge >= 0.3 is 0 Å². The lowest BCUT2D eigenvalue weighted by atomic mass is 10.00. The number of hydrogen-bond donors (Lipinski definition) is 1. The normalized spacial score (nSPS) is 24.3. The first kappa shape index (κ1) is 12.3. The fourth-order valence-electron chi connectivity index (χ4n) is 3.30. The minimum absolute atomic E-state index is 0.471. The number of aryl methyl sites for hydroxylation is 2. The SMILES string of the molecule is Cc1nn(C)c2c1nc(N)n2N1C(C)CCCC1C. The average Bonchev–Trinajstić information content (AvgIpc) is 2.79. The monoisotopic (exact) mass is 262 g/mol. The Hall–Kier alpha value is -1.72. The highest BCUT2D eigenvalue weighted by Crippen LogP contribution is 2.27. The fourth-order valence-corrected chi connectivity index (χ4v) is 3.30. The molecule has 2 aromatic heterocycles. The third kappa shape index (κ3) is 1.69. The van der Waals surface area contributed by atoms with Crippen molar-refractivity contribution in [2.75, 3.05) is 10.7 Å². The van der Waals surface area contributed by atoms with E-state index < -0.39 is 0 Å². The van der Waals surface area contributed by atoms with Gasteiger partial charge in [0.05, 0.1) is 5.69 Å². The summed E-state index contributed by atoms with van der Waals surface area (Å²) in [6, 6.07) is 0.942. The highest BCUT2D eigenvalue weighted by Gasteiger charge is 2.29. The van der Waals surface area contributed by atoms with Crippen molar-refractivity contribution in [1.29, 1.82) is 0 Å². The predicted octanol–water partition coefficient (Wildman–Crippen LogP) is 1.56. The number of fused-ring (bicyclic) bond motifs is 1. The van der Waals surface area contributed by atoms with Crippen LogP contribution in [-0.4, -0.2) is 31.5 Å². The van der Waals surface area contributed by atoms with Crippen molar-refractivity contribution in [3.8, 4) is 0 Å². The molecule has 0 saturated carbocycles. The number of nitrogens with two attached hydrogens (primary N) is 1. The Bertz CT molecular complexity index is 600. The Morgan fingerprint density at radius 3 is 2.47 bits per heavy atom. The van der Waals surface area contributed by atoms with Gasteiger partial charge in [-0.15, -0.1) is 0 Å². The number of imidazole rings is 1. The van der Waals surface area contributed by atoms with Gasteiger partial charge in [-0.2, -0.15) is 5.10 Å². The summed E-state index contributed by atoms with van der Waals surface area (Å²) < 4.78 is 3.94. The van der Waals surface area contributed by atoms with Crippen LogP contribution in [0.15, 0.2) is 0 Å². The molecular formula is C13H22N6. The second kappa shape index (κ2) is 4.15. The third-order valence-corrected chi connectivity index (χ3v) is 4.18. The van der Waals surface area contributed by atoms with Gasteiger partial charge < -0.3 is 10.7 Å². The lowest BCUT2D eigenvalue weighted by molar-refractivity contribution is 0.341. The molecule has 104 valence electrons. The smallest absolute Gasteiger partial charge is 0.222 e. The molecule has 0 aliphatic carbocycles. The number of nitrogens with zero attached hydrogens (tertiary/aromatic N) is 5. The van der Waals surface area contributed by atoms with Crippen molar-refractivity contribution in [3.05, 3.63) is 5.69 Å². The Kier molecular flexibility index (Phi) is 2.69. The molecule has 0 spiro atoms. The molecule has 3 rings (SSSR count). The minimum Gasteiger partial charge on any atom is -0.368 e. The van der Waals surface area contributed by atoms with E-state index in [1.54, 1.807) is 0 Å². The van der Waals surface area contributed by atoms with E-state index in [2.05, 4.69) is 33.6 Å². The maximum absolute atomic E-state index is 6.16. The van der Waals surface area contributed by atoms with E-state index in [0.717, 1.165) is 16.9 Å². The first-order chi connectivity index (χ1) is 9.00. The molecule has 1 fully saturated rings. The van der Waals surface area contributed by atoms with Gasteiger partial charge in [-0.25, -0.2) is 14.3 Å². The zero-order valence-corrected chi connectivity index (χ0v) is 12.1. The Morgan fingerprint density at radius 1 is 1.21 bits per heavy atom. The van der Waals surface area contributed by atoms with Crippen molar-refractivity contribution >= 4 is 17.1 Å². The number of aromatic nitrogens is 4. The number of rotatable bonds is 1. The van der Waals surface area contributed by atoms with Crippen LogP contribution in [0.4, 0.5) is 5.95 Å². The Morgan fingerprint density at radius 2 is 1.84 bits per heavy atom. The van der Waals surface area contributed by atoms with Crippen LogP contribution in [0.1, 0.15) is 38.8 Å². The standard InChI is InChI=1S/C13H22N6/c1-8-6-5-7-9(2)18(8)19-12-11(15-13(19)14)10(3)16-17(12)4/h8-9H,5-7H2,1-4H3,(H2,14,15). The molecule has 3 heterocycles. The summed E-state index contributed by atoms with van der Waals surface area (Å²) in [5, 5.41) is 6.80. The topological polar surface area (TPSA) is 64.9 Å². The zero-order valence-electron chi connectivity index (χ0n) is 12.1. The van der Waals surface area contributed by atoms with Crippen LogP contribution < -0.4 is 10.7 Å². The first-order valence-electron chi connectivity index (χ1n) is 6.97. The van der Waals surface area contributed by atoms with Crippen molar-refractivity contribution in [2.45, 2.75) is 52.1 Å². The molecule has 2 atom stereocenters. The van der Waals surface area contributed by atoms with Crippen LogP contribution in [0.25, 0.3) is 11.2 Å². The van der Waals surface area contributed by atoms with Crippen LogP contribution in [0.2, 0.25) is 0 Å². The molecular weight excluding hydrogens is 240 g/mol. The fraction of sp³-hybridized carbons (Fsp3) is 0.692. The predicted molar refractivity (Wildman–Crippen MR) is 76.6 cm³/mol. The van der Waals surface area contributed by atoms with Crippen LogP contribution in [-0.2, 0) is 7.05 Å². The van der Waals surface area contributed by atoms with E-state index in [4.69, 9.17) is 5.73 Å². The lowest BCUT2D eigenvalue weighted by Gasteiger charge is -2.41. The molecule has 1 saturated heterocycles. The van der Waals surface area contributed by atoms with Crippen LogP contribution in [0.5, 0.6) is 0 Å². The van der Waals surface area contributed by atoms with E-state index in [0.29, 0.717) is 18.0 Å². The molecule has 1 aliphatic heterocycles. The highest BCUT2D eigenvalue weighted by molar-refractivity contribution is 5.78. The molecule has 2 N–H and O–H groups in total. The quantitative estimate of drug-likeness (QED) is 0.847. The van der Waals surface area contributed by atoms with Crippen LogP contribution in [0.3, 0.4) is 0 Å². The second-order valence-corrected chi connectivity index (χ2v) is 5.67. The summed E-state index contributed by atoms with van der Waals surface area (Å²) in [4.78, 5) is 4.49.